The molecule has 3 aromatic rings. The van der Waals surface area contributed by atoms with Crippen molar-refractivity contribution in [2.75, 3.05) is 17.7 Å². The molecule has 1 unspecified atom stereocenters. The number of para-hydroxylation sites is 1. The number of thiophene rings is 1. The molecule has 0 amide bonds. The van der Waals surface area contributed by atoms with Crippen molar-refractivity contribution in [2.45, 2.75) is 26.2 Å². The highest BCUT2D eigenvalue weighted by Crippen LogP contribution is 2.40. The second-order valence-electron chi connectivity index (χ2n) is 7.57. The average molecular weight is 453 g/mol. The first-order chi connectivity index (χ1) is 15.0. The van der Waals surface area contributed by atoms with E-state index in [0.29, 0.717) is 16.6 Å². The molecule has 0 bridgehead atoms. The van der Waals surface area contributed by atoms with E-state index < -0.39 is 0 Å². The third kappa shape index (κ3) is 5.06. The van der Waals surface area contributed by atoms with Gasteiger partial charge in [0.25, 0.3) is 0 Å². The highest BCUT2D eigenvalue weighted by atomic mass is 32.1. The lowest BCUT2D eigenvalue weighted by Gasteiger charge is -2.18. The van der Waals surface area contributed by atoms with Gasteiger partial charge in [-0.1, -0.05) is 25.1 Å². The maximum atomic E-state index is 12.4. The molecule has 0 spiro atoms. The number of carbonyl (C=O) groups is 1. The van der Waals surface area contributed by atoms with E-state index in [9.17, 15) is 4.79 Å². The summed E-state index contributed by atoms with van der Waals surface area (Å²) in [7, 11) is 1.41. The fourth-order valence-electron chi connectivity index (χ4n) is 3.65. The van der Waals surface area contributed by atoms with Crippen LogP contribution in [0.2, 0.25) is 0 Å². The Balaban J connectivity index is 1.44. The van der Waals surface area contributed by atoms with Crippen LogP contribution in [0.1, 0.15) is 34.1 Å². The molecule has 0 fully saturated rings. The van der Waals surface area contributed by atoms with E-state index >= 15 is 0 Å². The minimum Gasteiger partial charge on any atom is -0.465 e. The van der Waals surface area contributed by atoms with Gasteiger partial charge in [0, 0.05) is 10.6 Å². The van der Waals surface area contributed by atoms with Crippen LogP contribution in [0.25, 0.3) is 0 Å². The lowest BCUT2D eigenvalue weighted by atomic mass is 9.88. The minimum atomic E-state index is -0.320. The number of rotatable bonds is 5. The third-order valence-electron chi connectivity index (χ3n) is 5.22. The first kappa shape index (κ1) is 21.3. The molecular formula is C24H24N2O3S2. The Labute approximate surface area is 191 Å². The minimum absolute atomic E-state index is 0.320. The first-order valence-corrected chi connectivity index (χ1v) is 11.4. The maximum absolute atomic E-state index is 12.4. The first-order valence-electron chi connectivity index (χ1n) is 10.2. The fourth-order valence-corrected chi connectivity index (χ4v) is 5.34. The van der Waals surface area contributed by atoms with Crippen molar-refractivity contribution >= 4 is 45.3 Å². The Morgan fingerprint density at radius 3 is 2.48 bits per heavy atom. The molecule has 31 heavy (non-hydrogen) atoms. The average Bonchev–Trinajstić information content (AvgIpc) is 3.11. The van der Waals surface area contributed by atoms with E-state index in [2.05, 4.69) is 17.6 Å². The summed E-state index contributed by atoms with van der Waals surface area (Å²) in [4.78, 5) is 13.7. The van der Waals surface area contributed by atoms with Crippen LogP contribution in [0, 0.1) is 5.92 Å². The number of hydrogen-bond acceptors (Lipinski definition) is 5. The summed E-state index contributed by atoms with van der Waals surface area (Å²) in [6, 6.07) is 17.2. The van der Waals surface area contributed by atoms with E-state index in [0.717, 1.165) is 47.0 Å². The summed E-state index contributed by atoms with van der Waals surface area (Å²) in [5.74, 6) is 1.82. The van der Waals surface area contributed by atoms with Crippen LogP contribution in [0.5, 0.6) is 11.5 Å². The lowest BCUT2D eigenvalue weighted by molar-refractivity contribution is 0.0601. The highest BCUT2D eigenvalue weighted by molar-refractivity contribution is 7.80. The highest BCUT2D eigenvalue weighted by Gasteiger charge is 2.28. The summed E-state index contributed by atoms with van der Waals surface area (Å²) < 4.78 is 10.9. The largest absolute Gasteiger partial charge is 0.465 e. The van der Waals surface area contributed by atoms with Crippen molar-refractivity contribution < 1.29 is 14.3 Å². The monoisotopic (exact) mass is 452 g/mol. The van der Waals surface area contributed by atoms with Gasteiger partial charge in [-0.15, -0.1) is 11.3 Å². The van der Waals surface area contributed by atoms with E-state index in [4.69, 9.17) is 21.7 Å². The van der Waals surface area contributed by atoms with Crippen molar-refractivity contribution in [1.29, 1.82) is 0 Å². The Bertz CT molecular complexity index is 1080. The third-order valence-corrected chi connectivity index (χ3v) is 6.59. The van der Waals surface area contributed by atoms with Crippen LogP contribution in [0.4, 0.5) is 10.7 Å². The van der Waals surface area contributed by atoms with Crippen molar-refractivity contribution in [1.82, 2.24) is 0 Å². The number of esters is 1. The van der Waals surface area contributed by atoms with Gasteiger partial charge in [0.1, 0.15) is 16.5 Å². The topological polar surface area (TPSA) is 59.6 Å². The molecule has 2 N–H and O–H groups in total. The SMILES string of the molecule is COC(=O)c1c(NC(=S)Nc2ccc(Oc3ccccc3)cc2)sc2c1CCC(C)C2. The van der Waals surface area contributed by atoms with E-state index in [1.54, 1.807) is 11.3 Å². The van der Waals surface area contributed by atoms with Crippen molar-refractivity contribution in [3.05, 3.63) is 70.6 Å². The molecule has 0 saturated heterocycles. The summed E-state index contributed by atoms with van der Waals surface area (Å²) in [5, 5.41) is 7.55. The zero-order valence-corrected chi connectivity index (χ0v) is 19.1. The van der Waals surface area contributed by atoms with Crippen LogP contribution in [-0.2, 0) is 17.6 Å². The Morgan fingerprint density at radius 2 is 1.77 bits per heavy atom. The summed E-state index contributed by atoms with van der Waals surface area (Å²) in [6.45, 7) is 2.24. The van der Waals surface area contributed by atoms with Crippen molar-refractivity contribution in [2.24, 2.45) is 5.92 Å². The molecule has 1 atom stereocenters. The molecule has 2 aromatic carbocycles. The van der Waals surface area contributed by atoms with Gasteiger partial charge in [0.2, 0.25) is 0 Å². The number of carbonyl (C=O) groups excluding carboxylic acids is 1. The van der Waals surface area contributed by atoms with Crippen LogP contribution < -0.4 is 15.4 Å². The molecule has 7 heteroatoms. The maximum Gasteiger partial charge on any atom is 0.341 e. The molecule has 160 valence electrons. The number of benzene rings is 2. The Hall–Kier alpha value is -2.90. The number of methoxy groups -OCH3 is 1. The predicted molar refractivity (Wildman–Crippen MR) is 130 cm³/mol. The summed E-state index contributed by atoms with van der Waals surface area (Å²) >= 11 is 7.10. The van der Waals surface area contributed by atoms with E-state index in [1.165, 1.54) is 12.0 Å². The lowest BCUT2D eigenvalue weighted by Crippen LogP contribution is -2.20. The molecule has 1 aliphatic rings. The second-order valence-corrected chi connectivity index (χ2v) is 9.08. The number of thiocarbonyl (C=S) groups is 1. The van der Waals surface area contributed by atoms with Crippen molar-refractivity contribution in [3.63, 3.8) is 0 Å². The van der Waals surface area contributed by atoms with Gasteiger partial charge in [-0.2, -0.15) is 0 Å². The van der Waals surface area contributed by atoms with Gasteiger partial charge in [-0.3, -0.25) is 0 Å². The quantitative estimate of drug-likeness (QED) is 0.352. The van der Waals surface area contributed by atoms with Gasteiger partial charge in [-0.25, -0.2) is 4.79 Å². The van der Waals surface area contributed by atoms with Crippen LogP contribution in [0.15, 0.2) is 54.6 Å². The summed E-state index contributed by atoms with van der Waals surface area (Å²) in [5.41, 5.74) is 2.54. The van der Waals surface area contributed by atoms with Gasteiger partial charge in [0.15, 0.2) is 5.11 Å². The Kier molecular flexibility index (Phi) is 6.53. The summed E-state index contributed by atoms with van der Waals surface area (Å²) in [6.07, 6.45) is 2.95. The molecule has 0 aliphatic heterocycles. The Morgan fingerprint density at radius 1 is 1.06 bits per heavy atom. The van der Waals surface area contributed by atoms with Gasteiger partial charge in [0.05, 0.1) is 12.7 Å². The normalized spacial score (nSPS) is 15.0. The second kappa shape index (κ2) is 9.49. The van der Waals surface area contributed by atoms with Crippen LogP contribution in [0.3, 0.4) is 0 Å². The number of nitrogens with one attached hydrogen (secondary N) is 2. The predicted octanol–water partition coefficient (Wildman–Crippen LogP) is 6.26. The van der Waals surface area contributed by atoms with Crippen LogP contribution in [-0.4, -0.2) is 18.2 Å². The molecule has 0 radical (unpaired) electrons. The standard InChI is InChI=1S/C24H24N2O3S2/c1-15-8-13-19-20(14-15)31-22(21(19)23(27)28-2)26-24(30)25-16-9-11-18(12-10-16)29-17-6-4-3-5-7-17/h3-7,9-12,15H,8,13-14H2,1-2H3,(H2,25,26,30). The molecule has 0 saturated carbocycles. The van der Waals surface area contributed by atoms with Gasteiger partial charge < -0.3 is 20.1 Å². The number of hydrogen-bond donors (Lipinski definition) is 2. The van der Waals surface area contributed by atoms with E-state index in [1.807, 2.05) is 54.6 Å². The zero-order valence-electron chi connectivity index (χ0n) is 17.4. The van der Waals surface area contributed by atoms with Crippen LogP contribution >= 0.6 is 23.6 Å². The fraction of sp³-hybridized carbons (Fsp3) is 0.250. The number of anilines is 2. The number of fused-ring (bicyclic) bond motifs is 1. The van der Waals surface area contributed by atoms with Gasteiger partial charge >= 0.3 is 5.97 Å². The molecule has 5 nitrogen and oxygen atoms in total. The molecule has 1 aromatic heterocycles. The molecule has 1 aliphatic carbocycles. The molecule has 4 rings (SSSR count). The number of ether oxygens (including phenoxy) is 2. The van der Waals surface area contributed by atoms with E-state index in [-0.39, 0.29) is 5.97 Å². The van der Waals surface area contributed by atoms with Gasteiger partial charge in [-0.05, 0) is 79.4 Å². The zero-order chi connectivity index (χ0) is 21.8. The molecular weight excluding hydrogens is 428 g/mol. The molecule has 1 heterocycles. The van der Waals surface area contributed by atoms with Crippen molar-refractivity contribution in [3.8, 4) is 11.5 Å². The smallest absolute Gasteiger partial charge is 0.341 e.